The lowest BCUT2D eigenvalue weighted by Crippen LogP contribution is -1.79. The summed E-state index contributed by atoms with van der Waals surface area (Å²) in [7, 11) is 0. The predicted molar refractivity (Wildman–Crippen MR) is 30.9 cm³/mol. The molecule has 7 heavy (non-hydrogen) atoms. The van der Waals surface area contributed by atoms with Crippen LogP contribution in [-0.2, 0) is 0 Å². The van der Waals surface area contributed by atoms with Crippen LogP contribution in [0.2, 0.25) is 0 Å². The normalized spacial score (nSPS) is 12.6. The molecule has 1 aromatic rings. The zero-order valence-electron chi connectivity index (χ0n) is 5.81. The van der Waals surface area contributed by atoms with E-state index in [1.54, 1.807) is 0 Å². The number of nitrogens with two attached hydrogens (primary N) is 1. The molecule has 0 heterocycles. The molecule has 0 aliphatic rings. The van der Waals surface area contributed by atoms with Gasteiger partial charge in [-0.1, -0.05) is 18.2 Å². The Morgan fingerprint density at radius 2 is 2.00 bits per heavy atom. The lowest BCUT2D eigenvalue weighted by Gasteiger charge is -1.83. The third-order valence-corrected chi connectivity index (χ3v) is 0.667. The van der Waals surface area contributed by atoms with Crippen LogP contribution in [0.4, 0.5) is 5.69 Å². The number of hydrogen-bond donors (Lipinski definition) is 1. The van der Waals surface area contributed by atoms with Crippen molar-refractivity contribution in [2.75, 3.05) is 5.73 Å². The van der Waals surface area contributed by atoms with E-state index in [-0.39, 0.29) is 0 Å². The first-order valence-corrected chi connectivity index (χ1v) is 2.02. The second-order valence-corrected chi connectivity index (χ2v) is 1.27. The lowest BCUT2D eigenvalue weighted by molar-refractivity contribution is 1.69. The molecule has 36 valence electrons. The number of anilines is 1. The van der Waals surface area contributed by atoms with Crippen molar-refractivity contribution < 1.29 is 2.74 Å². The highest BCUT2D eigenvalue weighted by molar-refractivity contribution is 5.35. The standard InChI is InChI=1S/C6H7N/c7-6-4-2-1-3-5-6/h1-5H,7H2/i2D,3D. The Labute approximate surface area is 45.6 Å². The van der Waals surface area contributed by atoms with Gasteiger partial charge in [-0.2, -0.15) is 0 Å². The Hall–Kier alpha value is -0.980. The van der Waals surface area contributed by atoms with Gasteiger partial charge in [-0.3, -0.25) is 0 Å². The molecule has 0 aliphatic carbocycles. The molecular weight excluding hydrogens is 86.1 g/mol. The minimum absolute atomic E-state index is 0.292. The molecule has 0 aliphatic heterocycles. The molecule has 0 aromatic heterocycles. The summed E-state index contributed by atoms with van der Waals surface area (Å²) in [5.41, 5.74) is 5.80. The minimum Gasteiger partial charge on any atom is -0.399 e. The van der Waals surface area contributed by atoms with Crippen LogP contribution in [0, 0.1) is 0 Å². The van der Waals surface area contributed by atoms with Crippen LogP contribution in [0.3, 0.4) is 0 Å². The molecule has 0 saturated carbocycles. The summed E-state index contributed by atoms with van der Waals surface area (Å²) < 4.78 is 14.2. The van der Waals surface area contributed by atoms with E-state index >= 15 is 0 Å². The van der Waals surface area contributed by atoms with Gasteiger partial charge in [0.15, 0.2) is 0 Å². The van der Waals surface area contributed by atoms with E-state index in [1.165, 1.54) is 18.2 Å². The Balaban J connectivity index is 3.17. The van der Waals surface area contributed by atoms with Crippen LogP contribution >= 0.6 is 0 Å². The molecule has 0 amide bonds. The van der Waals surface area contributed by atoms with Crippen LogP contribution in [0.25, 0.3) is 0 Å². The summed E-state index contributed by atoms with van der Waals surface area (Å²) >= 11 is 0. The van der Waals surface area contributed by atoms with Crippen molar-refractivity contribution in [2.45, 2.75) is 0 Å². The molecular formula is C6H7N. The minimum atomic E-state index is 0.292. The Bertz CT molecular complexity index is 172. The van der Waals surface area contributed by atoms with E-state index in [2.05, 4.69) is 0 Å². The summed E-state index contributed by atoms with van der Waals surface area (Å²) in [4.78, 5) is 0. The summed E-state index contributed by atoms with van der Waals surface area (Å²) in [6.45, 7) is 0. The third-order valence-electron chi connectivity index (χ3n) is 0.667. The summed E-state index contributed by atoms with van der Waals surface area (Å²) in [5.74, 6) is 0. The highest BCUT2D eigenvalue weighted by atomic mass is 14.5. The van der Waals surface area contributed by atoms with E-state index in [9.17, 15) is 0 Å². The van der Waals surface area contributed by atoms with Crippen molar-refractivity contribution in [2.24, 2.45) is 0 Å². The molecule has 2 N–H and O–H groups in total. The van der Waals surface area contributed by atoms with Crippen LogP contribution in [0.5, 0.6) is 0 Å². The molecule has 0 bridgehead atoms. The van der Waals surface area contributed by atoms with Crippen LogP contribution in [0.1, 0.15) is 2.74 Å². The molecule has 0 atom stereocenters. The van der Waals surface area contributed by atoms with Crippen molar-refractivity contribution >= 4 is 5.69 Å². The summed E-state index contributed by atoms with van der Waals surface area (Å²) in [6, 6.07) is 5.05. The predicted octanol–water partition coefficient (Wildman–Crippen LogP) is 1.27. The number of benzene rings is 1. The van der Waals surface area contributed by atoms with Gasteiger partial charge in [0.2, 0.25) is 0 Å². The SMILES string of the molecule is [2H]c1cc([2H])cc(N)c1. The first-order chi connectivity index (χ1) is 4.18. The highest BCUT2D eigenvalue weighted by Gasteiger charge is 1.72. The second kappa shape index (κ2) is 1.65. The number of para-hydroxylation sites is 1. The zero-order valence-corrected chi connectivity index (χ0v) is 3.81. The number of nitrogen functional groups attached to an aromatic ring is 1. The lowest BCUT2D eigenvalue weighted by atomic mass is 10.3. The van der Waals surface area contributed by atoms with Gasteiger partial charge in [0.05, 0.1) is 2.74 Å². The largest absolute Gasteiger partial charge is 0.399 e. The van der Waals surface area contributed by atoms with Gasteiger partial charge in [0, 0.05) is 5.69 Å². The molecule has 0 saturated heterocycles. The van der Waals surface area contributed by atoms with Gasteiger partial charge in [0.1, 0.15) is 0 Å². The van der Waals surface area contributed by atoms with Gasteiger partial charge >= 0.3 is 0 Å². The molecule has 1 heteroatoms. The Morgan fingerprint density at radius 1 is 1.43 bits per heavy atom. The summed E-state index contributed by atoms with van der Waals surface area (Å²) in [5, 5.41) is 0. The van der Waals surface area contributed by atoms with Crippen LogP contribution < -0.4 is 5.73 Å². The molecule has 0 fully saturated rings. The fraction of sp³-hybridized carbons (Fsp3) is 0. The fourth-order valence-electron chi connectivity index (χ4n) is 0.366. The van der Waals surface area contributed by atoms with E-state index < -0.39 is 0 Å². The highest BCUT2D eigenvalue weighted by Crippen LogP contribution is 1.95. The van der Waals surface area contributed by atoms with Crippen molar-refractivity contribution in [3.8, 4) is 0 Å². The third kappa shape index (κ3) is 0.929. The molecule has 0 spiro atoms. The molecule has 1 aromatic carbocycles. The summed E-state index contributed by atoms with van der Waals surface area (Å²) in [6.07, 6.45) is 0. The Morgan fingerprint density at radius 3 is 2.43 bits per heavy atom. The smallest absolute Gasteiger partial charge is 0.0623 e. The maximum Gasteiger partial charge on any atom is 0.0623 e. The van der Waals surface area contributed by atoms with Gasteiger partial charge in [0.25, 0.3) is 0 Å². The van der Waals surface area contributed by atoms with Crippen LogP contribution in [0.15, 0.2) is 30.3 Å². The first kappa shape index (κ1) is 2.36. The topological polar surface area (TPSA) is 26.0 Å². The maximum atomic E-state index is 7.08. The zero-order chi connectivity index (χ0) is 6.85. The van der Waals surface area contributed by atoms with Crippen LogP contribution in [-0.4, -0.2) is 0 Å². The molecule has 0 unspecified atom stereocenters. The Kier molecular flexibility index (Phi) is 0.555. The van der Waals surface area contributed by atoms with Crippen molar-refractivity contribution in [1.29, 1.82) is 0 Å². The van der Waals surface area contributed by atoms with Crippen molar-refractivity contribution in [3.05, 3.63) is 30.3 Å². The monoisotopic (exact) mass is 95.1 g/mol. The molecule has 0 radical (unpaired) electrons. The van der Waals surface area contributed by atoms with E-state index in [0.717, 1.165) is 0 Å². The van der Waals surface area contributed by atoms with Gasteiger partial charge < -0.3 is 5.73 Å². The van der Waals surface area contributed by atoms with Gasteiger partial charge in [-0.25, -0.2) is 0 Å². The second-order valence-electron chi connectivity index (χ2n) is 1.27. The van der Waals surface area contributed by atoms with E-state index in [0.29, 0.717) is 17.8 Å². The maximum absolute atomic E-state index is 7.08. The molecule has 1 nitrogen and oxygen atoms in total. The average Bonchev–Trinajstić information content (AvgIpc) is 1.59. The number of hydrogen-bond acceptors (Lipinski definition) is 1. The average molecular weight is 95.1 g/mol. The van der Waals surface area contributed by atoms with E-state index in [4.69, 9.17) is 8.48 Å². The first-order valence-electron chi connectivity index (χ1n) is 3.02. The molecule has 1 rings (SSSR count). The van der Waals surface area contributed by atoms with Gasteiger partial charge in [-0.15, -0.1) is 0 Å². The quantitative estimate of drug-likeness (QED) is 0.482. The van der Waals surface area contributed by atoms with Crippen molar-refractivity contribution in [3.63, 3.8) is 0 Å². The van der Waals surface area contributed by atoms with Crippen molar-refractivity contribution in [1.82, 2.24) is 0 Å². The number of rotatable bonds is 0. The van der Waals surface area contributed by atoms with E-state index in [1.807, 2.05) is 0 Å². The fourth-order valence-corrected chi connectivity index (χ4v) is 0.366. The van der Waals surface area contributed by atoms with Gasteiger partial charge in [-0.05, 0) is 12.1 Å².